The number of hydrogen-bond donors (Lipinski definition) is 0. The van der Waals surface area contributed by atoms with E-state index in [1.165, 1.54) is 33.2 Å². The summed E-state index contributed by atoms with van der Waals surface area (Å²) in [4.78, 5) is 9.34. The van der Waals surface area contributed by atoms with Crippen LogP contribution >= 0.6 is 0 Å². The molecule has 46 heavy (non-hydrogen) atoms. The van der Waals surface area contributed by atoms with Crippen LogP contribution in [0.25, 0.3) is 27.6 Å². The SMILES string of the molecule is Cc1ccc2c(c1)c1ccc(Oc3cccc(N4C=CN(c5ccc(C(C)(C)C)cc5)C4)c3)cc1n2-c1cc(C(C)(C)C)ccn1. The van der Waals surface area contributed by atoms with Crippen molar-refractivity contribution in [3.05, 3.63) is 132 Å². The first kappa shape index (κ1) is 29.7. The Morgan fingerprint density at radius 1 is 0.609 bits per heavy atom. The van der Waals surface area contributed by atoms with E-state index in [0.717, 1.165) is 40.7 Å². The Labute approximate surface area is 272 Å². The molecule has 2 aromatic heterocycles. The molecule has 0 unspecified atom stereocenters. The molecule has 3 heterocycles. The third-order valence-corrected chi connectivity index (χ3v) is 8.92. The van der Waals surface area contributed by atoms with Crippen molar-refractivity contribution in [2.45, 2.75) is 59.3 Å². The lowest BCUT2D eigenvalue weighted by Gasteiger charge is -2.23. The molecule has 0 bridgehead atoms. The molecule has 1 aliphatic rings. The lowest BCUT2D eigenvalue weighted by molar-refractivity contribution is 0.483. The molecule has 0 amide bonds. The van der Waals surface area contributed by atoms with Gasteiger partial charge in [-0.2, -0.15) is 0 Å². The van der Waals surface area contributed by atoms with E-state index in [0.29, 0.717) is 0 Å². The average Bonchev–Trinajstić information content (AvgIpc) is 3.64. The molecule has 6 aromatic rings. The second-order valence-corrected chi connectivity index (χ2v) is 14.5. The number of rotatable bonds is 5. The first-order valence-electron chi connectivity index (χ1n) is 16.1. The molecule has 5 heteroatoms. The number of hydrogen-bond acceptors (Lipinski definition) is 4. The van der Waals surface area contributed by atoms with Gasteiger partial charge in [0, 0.05) is 52.9 Å². The average molecular weight is 607 g/mol. The summed E-state index contributed by atoms with van der Waals surface area (Å²) in [6, 6.07) is 34.5. The van der Waals surface area contributed by atoms with Crippen LogP contribution < -0.4 is 14.5 Å². The predicted octanol–water partition coefficient (Wildman–Crippen LogP) is 10.6. The summed E-state index contributed by atoms with van der Waals surface area (Å²) in [7, 11) is 0. The zero-order valence-electron chi connectivity index (χ0n) is 27.9. The number of pyridine rings is 1. The zero-order valence-corrected chi connectivity index (χ0v) is 27.9. The minimum atomic E-state index is 0.0186. The quantitative estimate of drug-likeness (QED) is 0.195. The molecule has 0 spiro atoms. The number of anilines is 2. The number of nitrogens with zero attached hydrogens (tertiary/aromatic N) is 4. The van der Waals surface area contributed by atoms with Crippen molar-refractivity contribution in [3.8, 4) is 17.3 Å². The van der Waals surface area contributed by atoms with E-state index in [1.54, 1.807) is 0 Å². The molecule has 1 aliphatic heterocycles. The Bertz CT molecular complexity index is 2090. The van der Waals surface area contributed by atoms with Gasteiger partial charge in [-0.25, -0.2) is 4.98 Å². The number of fused-ring (bicyclic) bond motifs is 3. The molecular formula is C41H42N4O. The predicted molar refractivity (Wildman–Crippen MR) is 193 cm³/mol. The highest BCUT2D eigenvalue weighted by molar-refractivity contribution is 6.09. The Balaban J connectivity index is 1.18. The van der Waals surface area contributed by atoms with Gasteiger partial charge in [-0.05, 0) is 89.5 Å². The standard InChI is InChI=1S/C41H42N4O/c1-28-11-18-37-36(23-28)35-17-16-34(26-38(35)45(37)39-24-30(19-20-42-39)41(5,6)7)46-33-10-8-9-32(25-33)44-22-21-43(27-44)31-14-12-29(13-15-31)40(2,3)4/h8-26H,27H2,1-7H3. The summed E-state index contributed by atoms with van der Waals surface area (Å²) < 4.78 is 8.80. The van der Waals surface area contributed by atoms with Crippen LogP contribution in [0.4, 0.5) is 11.4 Å². The Hall–Kier alpha value is -5.03. The van der Waals surface area contributed by atoms with Gasteiger partial charge < -0.3 is 14.5 Å². The lowest BCUT2D eigenvalue weighted by atomic mass is 9.87. The zero-order chi connectivity index (χ0) is 32.2. The van der Waals surface area contributed by atoms with Gasteiger partial charge in [0.2, 0.25) is 0 Å². The molecular weight excluding hydrogens is 564 g/mol. The van der Waals surface area contributed by atoms with E-state index in [9.17, 15) is 0 Å². The monoisotopic (exact) mass is 606 g/mol. The topological polar surface area (TPSA) is 33.5 Å². The van der Waals surface area contributed by atoms with E-state index in [2.05, 4.69) is 166 Å². The van der Waals surface area contributed by atoms with E-state index in [1.807, 2.05) is 12.3 Å². The maximum Gasteiger partial charge on any atom is 0.137 e. The third-order valence-electron chi connectivity index (χ3n) is 8.92. The first-order chi connectivity index (χ1) is 21.9. The van der Waals surface area contributed by atoms with Crippen molar-refractivity contribution in [2.24, 2.45) is 0 Å². The second-order valence-electron chi connectivity index (χ2n) is 14.5. The van der Waals surface area contributed by atoms with Gasteiger partial charge in [-0.1, -0.05) is 71.4 Å². The number of aromatic nitrogens is 2. The highest BCUT2D eigenvalue weighted by Crippen LogP contribution is 2.37. The van der Waals surface area contributed by atoms with Crippen LogP contribution in [-0.4, -0.2) is 16.2 Å². The van der Waals surface area contributed by atoms with Crippen molar-refractivity contribution in [1.82, 2.24) is 9.55 Å². The Morgan fingerprint density at radius 2 is 1.33 bits per heavy atom. The van der Waals surface area contributed by atoms with Gasteiger partial charge in [0.05, 0.1) is 17.7 Å². The van der Waals surface area contributed by atoms with E-state index in [-0.39, 0.29) is 10.8 Å². The van der Waals surface area contributed by atoms with Crippen LogP contribution in [0.5, 0.6) is 11.5 Å². The van der Waals surface area contributed by atoms with Gasteiger partial charge in [0.1, 0.15) is 17.3 Å². The Kier molecular flexibility index (Phi) is 7.16. The number of benzene rings is 4. The first-order valence-corrected chi connectivity index (χ1v) is 16.1. The van der Waals surface area contributed by atoms with Crippen LogP contribution in [0.2, 0.25) is 0 Å². The molecule has 232 valence electrons. The second kappa shape index (κ2) is 11.1. The minimum Gasteiger partial charge on any atom is -0.457 e. The van der Waals surface area contributed by atoms with Crippen molar-refractivity contribution < 1.29 is 4.74 Å². The normalized spacial score (nSPS) is 13.7. The molecule has 0 N–H and O–H groups in total. The fraction of sp³-hybridized carbons (Fsp3) is 0.244. The van der Waals surface area contributed by atoms with Crippen LogP contribution in [-0.2, 0) is 10.8 Å². The molecule has 7 rings (SSSR count). The third kappa shape index (κ3) is 5.62. The van der Waals surface area contributed by atoms with Crippen molar-refractivity contribution in [1.29, 1.82) is 0 Å². The highest BCUT2D eigenvalue weighted by atomic mass is 16.5. The maximum absolute atomic E-state index is 6.53. The molecule has 0 saturated heterocycles. The summed E-state index contributed by atoms with van der Waals surface area (Å²) in [5.74, 6) is 2.49. The van der Waals surface area contributed by atoms with E-state index >= 15 is 0 Å². The summed E-state index contributed by atoms with van der Waals surface area (Å²) in [5, 5.41) is 2.39. The highest BCUT2D eigenvalue weighted by Gasteiger charge is 2.20. The number of aryl methyl sites for hydroxylation is 1. The summed E-state index contributed by atoms with van der Waals surface area (Å²) >= 11 is 0. The molecule has 5 nitrogen and oxygen atoms in total. The van der Waals surface area contributed by atoms with Gasteiger partial charge in [0.25, 0.3) is 0 Å². The van der Waals surface area contributed by atoms with Gasteiger partial charge in [-0.3, -0.25) is 4.57 Å². The van der Waals surface area contributed by atoms with Crippen LogP contribution in [0.15, 0.2) is 116 Å². The molecule has 0 radical (unpaired) electrons. The van der Waals surface area contributed by atoms with Gasteiger partial charge in [0.15, 0.2) is 0 Å². The minimum absolute atomic E-state index is 0.0186. The van der Waals surface area contributed by atoms with Crippen LogP contribution in [0.1, 0.15) is 58.2 Å². The molecule has 0 aliphatic carbocycles. The molecule has 4 aromatic carbocycles. The molecule has 0 fully saturated rings. The van der Waals surface area contributed by atoms with Crippen molar-refractivity contribution >= 4 is 33.2 Å². The Morgan fingerprint density at radius 3 is 2.07 bits per heavy atom. The lowest BCUT2D eigenvalue weighted by Crippen LogP contribution is -2.24. The van der Waals surface area contributed by atoms with Crippen molar-refractivity contribution in [2.75, 3.05) is 16.5 Å². The largest absolute Gasteiger partial charge is 0.457 e. The van der Waals surface area contributed by atoms with Crippen LogP contribution in [0.3, 0.4) is 0 Å². The van der Waals surface area contributed by atoms with Gasteiger partial charge in [-0.15, -0.1) is 0 Å². The molecule has 0 atom stereocenters. The van der Waals surface area contributed by atoms with Crippen molar-refractivity contribution in [3.63, 3.8) is 0 Å². The summed E-state index contributed by atoms with van der Waals surface area (Å²) in [6.07, 6.45) is 6.18. The van der Waals surface area contributed by atoms with Gasteiger partial charge >= 0.3 is 0 Å². The fourth-order valence-electron chi connectivity index (χ4n) is 6.20. The fourth-order valence-corrected chi connectivity index (χ4v) is 6.20. The molecule has 0 saturated carbocycles. The van der Waals surface area contributed by atoms with E-state index < -0.39 is 0 Å². The number of ether oxygens (including phenoxy) is 1. The summed E-state index contributed by atoms with van der Waals surface area (Å²) in [6.45, 7) is 16.3. The van der Waals surface area contributed by atoms with E-state index in [4.69, 9.17) is 9.72 Å². The summed E-state index contributed by atoms with van der Waals surface area (Å²) in [5.41, 5.74) is 8.45. The smallest absolute Gasteiger partial charge is 0.137 e. The van der Waals surface area contributed by atoms with Crippen LogP contribution in [0, 0.1) is 6.92 Å². The maximum atomic E-state index is 6.53.